The predicted octanol–water partition coefficient (Wildman–Crippen LogP) is 3.15. The van der Waals surface area contributed by atoms with Crippen molar-refractivity contribution >= 4 is 17.4 Å². The molecule has 1 aliphatic heterocycles. The highest BCUT2D eigenvalue weighted by Gasteiger charge is 2.09. The number of rotatable bonds is 0. The molecule has 1 N–H and O–H groups in total. The van der Waals surface area contributed by atoms with Gasteiger partial charge in [0.25, 0.3) is 0 Å². The third kappa shape index (κ3) is 1.53. The first-order valence-electron chi connectivity index (χ1n) is 3.80. The predicted molar refractivity (Wildman–Crippen MR) is 51.8 cm³/mol. The zero-order valence-corrected chi connectivity index (χ0v) is 7.45. The molecular formula is C10H7ClO2. The third-order valence-electron chi connectivity index (χ3n) is 1.75. The van der Waals surface area contributed by atoms with E-state index in [4.69, 9.17) is 16.3 Å². The quantitative estimate of drug-likeness (QED) is 0.688. The first-order chi connectivity index (χ1) is 6.27. The molecule has 0 radical (unpaired) electrons. The van der Waals surface area contributed by atoms with Crippen LogP contribution >= 0.6 is 11.6 Å². The fourth-order valence-electron chi connectivity index (χ4n) is 1.14. The Morgan fingerprint density at radius 2 is 2.15 bits per heavy atom. The Labute approximate surface area is 80.7 Å². The highest BCUT2D eigenvalue weighted by Crippen LogP contribution is 2.29. The zero-order valence-electron chi connectivity index (χ0n) is 6.70. The van der Waals surface area contributed by atoms with Crippen LogP contribution in [0.1, 0.15) is 5.56 Å². The lowest BCUT2D eigenvalue weighted by molar-refractivity contribution is 0.471. The Morgan fingerprint density at radius 1 is 1.31 bits per heavy atom. The first-order valence-corrected chi connectivity index (χ1v) is 4.17. The Balaban J connectivity index is 2.60. The van der Waals surface area contributed by atoms with Crippen molar-refractivity contribution in [2.24, 2.45) is 0 Å². The van der Waals surface area contributed by atoms with Gasteiger partial charge in [0.15, 0.2) is 0 Å². The fraction of sp³-hybridized carbons (Fsp3) is 0. The van der Waals surface area contributed by atoms with Crippen molar-refractivity contribution in [2.45, 2.75) is 0 Å². The lowest BCUT2D eigenvalue weighted by Gasteiger charge is -2.05. The molecule has 1 aromatic rings. The van der Waals surface area contributed by atoms with Crippen LogP contribution in [0.15, 0.2) is 36.6 Å². The number of aliphatic hydroxyl groups is 1. The molecule has 0 bridgehead atoms. The van der Waals surface area contributed by atoms with Crippen LogP contribution in [0, 0.1) is 0 Å². The van der Waals surface area contributed by atoms with E-state index in [1.807, 2.05) is 0 Å². The van der Waals surface area contributed by atoms with E-state index in [0.717, 1.165) is 0 Å². The van der Waals surface area contributed by atoms with Gasteiger partial charge in [-0.2, -0.15) is 0 Å². The van der Waals surface area contributed by atoms with Crippen molar-refractivity contribution in [3.63, 3.8) is 0 Å². The van der Waals surface area contributed by atoms with Crippen LogP contribution < -0.4 is 4.74 Å². The van der Waals surface area contributed by atoms with Gasteiger partial charge in [-0.05, 0) is 30.4 Å². The van der Waals surface area contributed by atoms with Crippen molar-refractivity contribution in [2.75, 3.05) is 0 Å². The van der Waals surface area contributed by atoms with E-state index < -0.39 is 0 Å². The van der Waals surface area contributed by atoms with Gasteiger partial charge in [0.1, 0.15) is 11.5 Å². The molecule has 0 aliphatic carbocycles. The van der Waals surface area contributed by atoms with Crippen molar-refractivity contribution in [3.8, 4) is 5.75 Å². The number of halogens is 1. The topological polar surface area (TPSA) is 29.5 Å². The molecule has 3 heteroatoms. The van der Waals surface area contributed by atoms with Gasteiger partial charge < -0.3 is 9.84 Å². The lowest BCUT2D eigenvalue weighted by Crippen LogP contribution is -1.87. The van der Waals surface area contributed by atoms with E-state index in [2.05, 4.69) is 0 Å². The minimum absolute atomic E-state index is 0.159. The van der Waals surface area contributed by atoms with Crippen LogP contribution in [-0.2, 0) is 0 Å². The van der Waals surface area contributed by atoms with Crippen molar-refractivity contribution in [1.82, 2.24) is 0 Å². The number of aliphatic hydroxyl groups excluding tert-OH is 1. The van der Waals surface area contributed by atoms with E-state index in [1.54, 1.807) is 30.4 Å². The Morgan fingerprint density at radius 3 is 3.00 bits per heavy atom. The van der Waals surface area contributed by atoms with E-state index in [-0.39, 0.29) is 5.76 Å². The molecular weight excluding hydrogens is 188 g/mol. The minimum atomic E-state index is 0.159. The largest absolute Gasteiger partial charge is 0.507 e. The molecule has 0 fully saturated rings. The zero-order chi connectivity index (χ0) is 9.26. The maximum Gasteiger partial charge on any atom is 0.137 e. The molecule has 0 saturated heterocycles. The summed E-state index contributed by atoms with van der Waals surface area (Å²) in [4.78, 5) is 0. The van der Waals surface area contributed by atoms with Crippen LogP contribution in [-0.4, -0.2) is 5.11 Å². The molecule has 2 nitrogen and oxygen atoms in total. The molecule has 1 heterocycles. The second kappa shape index (κ2) is 3.15. The lowest BCUT2D eigenvalue weighted by atomic mass is 10.1. The van der Waals surface area contributed by atoms with E-state index in [0.29, 0.717) is 16.3 Å². The summed E-state index contributed by atoms with van der Waals surface area (Å²) in [5.41, 5.74) is 0.609. The average molecular weight is 195 g/mol. The van der Waals surface area contributed by atoms with Crippen molar-refractivity contribution in [3.05, 3.63) is 47.2 Å². The summed E-state index contributed by atoms with van der Waals surface area (Å²) in [6, 6.07) is 5.10. The molecule has 66 valence electrons. The Hall–Kier alpha value is -1.41. The molecule has 0 amide bonds. The summed E-state index contributed by atoms with van der Waals surface area (Å²) in [5.74, 6) is 0.762. The molecule has 13 heavy (non-hydrogen) atoms. The molecule has 0 aromatic heterocycles. The smallest absolute Gasteiger partial charge is 0.137 e. The Bertz CT molecular complexity index is 394. The molecule has 1 aliphatic rings. The van der Waals surface area contributed by atoms with E-state index >= 15 is 0 Å². The summed E-state index contributed by atoms with van der Waals surface area (Å²) in [6.07, 6.45) is 4.70. The van der Waals surface area contributed by atoms with Gasteiger partial charge in [-0.15, -0.1) is 0 Å². The highest BCUT2D eigenvalue weighted by molar-refractivity contribution is 6.30. The van der Waals surface area contributed by atoms with E-state index in [1.165, 1.54) is 6.26 Å². The summed E-state index contributed by atoms with van der Waals surface area (Å²) in [6.45, 7) is 0. The number of benzene rings is 1. The third-order valence-corrected chi connectivity index (χ3v) is 1.98. The minimum Gasteiger partial charge on any atom is -0.507 e. The van der Waals surface area contributed by atoms with Crippen LogP contribution in [0.3, 0.4) is 0 Å². The number of ether oxygens (including phenoxy) is 1. The normalized spacial score (nSPS) is 14.1. The number of hydrogen-bond donors (Lipinski definition) is 1. The van der Waals surface area contributed by atoms with Gasteiger partial charge in [0.05, 0.1) is 11.8 Å². The first kappa shape index (κ1) is 8.20. The summed E-state index contributed by atoms with van der Waals surface area (Å²) in [5, 5.41) is 10.1. The number of allylic oxidation sites excluding steroid dienone is 2. The van der Waals surface area contributed by atoms with Crippen LogP contribution in [0.4, 0.5) is 0 Å². The monoisotopic (exact) mass is 194 g/mol. The summed E-state index contributed by atoms with van der Waals surface area (Å²) >= 11 is 5.78. The standard InChI is InChI=1S/C10H7ClO2/c11-7-3-4-10-8(6-7)9(12)2-1-5-13-10/h1-6,12H. The fourth-order valence-corrected chi connectivity index (χ4v) is 1.31. The summed E-state index contributed by atoms with van der Waals surface area (Å²) in [7, 11) is 0. The van der Waals surface area contributed by atoms with E-state index in [9.17, 15) is 5.11 Å². The van der Waals surface area contributed by atoms with Gasteiger partial charge in [0, 0.05) is 5.02 Å². The van der Waals surface area contributed by atoms with Gasteiger partial charge in [-0.1, -0.05) is 11.6 Å². The van der Waals surface area contributed by atoms with Crippen LogP contribution in [0.5, 0.6) is 5.75 Å². The second-order valence-electron chi connectivity index (χ2n) is 2.64. The van der Waals surface area contributed by atoms with Crippen molar-refractivity contribution in [1.29, 1.82) is 0 Å². The molecule has 0 unspecified atom stereocenters. The van der Waals surface area contributed by atoms with Gasteiger partial charge >= 0.3 is 0 Å². The van der Waals surface area contributed by atoms with Gasteiger partial charge in [-0.3, -0.25) is 0 Å². The maximum atomic E-state index is 9.54. The second-order valence-corrected chi connectivity index (χ2v) is 3.08. The highest BCUT2D eigenvalue weighted by atomic mass is 35.5. The number of fused-ring (bicyclic) bond motifs is 1. The van der Waals surface area contributed by atoms with Crippen LogP contribution in [0.25, 0.3) is 5.76 Å². The van der Waals surface area contributed by atoms with Gasteiger partial charge in [-0.25, -0.2) is 0 Å². The van der Waals surface area contributed by atoms with Crippen molar-refractivity contribution < 1.29 is 9.84 Å². The molecule has 0 atom stereocenters. The molecule has 0 spiro atoms. The summed E-state index contributed by atoms with van der Waals surface area (Å²) < 4.78 is 5.22. The Kier molecular flexibility index (Phi) is 1.99. The molecule has 1 aromatic carbocycles. The SMILES string of the molecule is OC1=CC=COc2ccc(Cl)cc21. The van der Waals surface area contributed by atoms with Crippen LogP contribution in [0.2, 0.25) is 5.02 Å². The maximum absolute atomic E-state index is 9.54. The average Bonchev–Trinajstić information content (AvgIpc) is 2.29. The molecule has 2 rings (SSSR count). The number of hydrogen-bond acceptors (Lipinski definition) is 2. The molecule has 0 saturated carbocycles. The van der Waals surface area contributed by atoms with Gasteiger partial charge in [0.2, 0.25) is 0 Å².